The van der Waals surface area contributed by atoms with E-state index in [0.717, 1.165) is 0 Å². The number of azide groups is 1. The van der Waals surface area contributed by atoms with E-state index in [9.17, 15) is 9.59 Å². The van der Waals surface area contributed by atoms with Gasteiger partial charge in [-0.05, 0) is 11.6 Å². The summed E-state index contributed by atoms with van der Waals surface area (Å²) in [4.78, 5) is 24.6. The summed E-state index contributed by atoms with van der Waals surface area (Å²) in [5, 5.41) is 3.36. The zero-order valence-corrected chi connectivity index (χ0v) is 9.98. The third-order valence-corrected chi connectivity index (χ3v) is 2.14. The minimum atomic E-state index is -0.832. The second-order valence-electron chi connectivity index (χ2n) is 3.56. The molecular weight excluding hydrogens is 242 g/mol. The first kappa shape index (κ1) is 13.9. The van der Waals surface area contributed by atoms with Gasteiger partial charge in [-0.3, -0.25) is 9.59 Å². The minimum absolute atomic E-state index is 0.0312. The predicted octanol–water partition coefficient (Wildman–Crippen LogP) is 1.07. The molecule has 0 aromatic rings. The van der Waals surface area contributed by atoms with Crippen LogP contribution in [0.25, 0.3) is 10.4 Å². The lowest BCUT2D eigenvalue weighted by atomic mass is 10.1. The van der Waals surface area contributed by atoms with Gasteiger partial charge in [-0.15, -0.1) is 0 Å². The Morgan fingerprint density at radius 1 is 1.39 bits per heavy atom. The van der Waals surface area contributed by atoms with Crippen molar-refractivity contribution in [1.29, 1.82) is 0 Å². The van der Waals surface area contributed by atoms with Gasteiger partial charge in [0.1, 0.15) is 6.10 Å². The average Bonchev–Trinajstić information content (AvgIpc) is 2.28. The van der Waals surface area contributed by atoms with Crippen molar-refractivity contribution in [2.75, 3.05) is 6.54 Å². The molecule has 0 fully saturated rings. The van der Waals surface area contributed by atoms with Gasteiger partial charge in [0, 0.05) is 18.8 Å². The quantitative estimate of drug-likeness (QED) is 0.323. The van der Waals surface area contributed by atoms with Gasteiger partial charge in [-0.1, -0.05) is 5.11 Å². The summed E-state index contributed by atoms with van der Waals surface area (Å²) >= 11 is 0. The van der Waals surface area contributed by atoms with Crippen LogP contribution in [0.1, 0.15) is 13.8 Å². The SMILES string of the molecule is CC(=O)O[C@H]1[C@H](OC(C)=O)C=CO[C@@H]1CN=[N+]=[N-]. The van der Waals surface area contributed by atoms with Crippen LogP contribution in [0.5, 0.6) is 0 Å². The Kier molecular flexibility index (Phi) is 5.01. The molecule has 18 heavy (non-hydrogen) atoms. The van der Waals surface area contributed by atoms with E-state index >= 15 is 0 Å². The smallest absolute Gasteiger partial charge is 0.303 e. The minimum Gasteiger partial charge on any atom is -0.494 e. The molecule has 1 rings (SSSR count). The Balaban J connectivity index is 2.83. The Hall–Kier alpha value is -2.21. The molecule has 0 amide bonds. The van der Waals surface area contributed by atoms with Crippen LogP contribution in [0, 0.1) is 0 Å². The first-order chi connectivity index (χ1) is 8.54. The predicted molar refractivity (Wildman–Crippen MR) is 59.1 cm³/mol. The molecule has 0 aliphatic carbocycles. The lowest BCUT2D eigenvalue weighted by molar-refractivity contribution is -0.172. The molecule has 0 unspecified atom stereocenters. The topological polar surface area (TPSA) is 111 Å². The second kappa shape index (κ2) is 6.51. The standard InChI is InChI=1S/C10H13N3O5/c1-6(14)17-8-3-4-16-9(5-12-13-11)10(8)18-7(2)15/h3-4,8-10H,5H2,1-2H3/t8-,9-,10+/m1/s1. The van der Waals surface area contributed by atoms with Gasteiger partial charge in [0.25, 0.3) is 0 Å². The van der Waals surface area contributed by atoms with Crippen LogP contribution in [-0.4, -0.2) is 36.8 Å². The summed E-state index contributed by atoms with van der Waals surface area (Å²) in [5.74, 6) is -1.05. The Bertz CT molecular complexity index is 402. The van der Waals surface area contributed by atoms with Crippen molar-refractivity contribution in [1.82, 2.24) is 0 Å². The summed E-state index contributed by atoms with van der Waals surface area (Å²) in [5.41, 5.74) is 8.27. The van der Waals surface area contributed by atoms with E-state index in [2.05, 4.69) is 10.0 Å². The largest absolute Gasteiger partial charge is 0.494 e. The van der Waals surface area contributed by atoms with E-state index in [0.29, 0.717) is 0 Å². The van der Waals surface area contributed by atoms with Gasteiger partial charge < -0.3 is 14.2 Å². The van der Waals surface area contributed by atoms with Crippen LogP contribution in [0.4, 0.5) is 0 Å². The van der Waals surface area contributed by atoms with Gasteiger partial charge >= 0.3 is 11.9 Å². The van der Waals surface area contributed by atoms with Crippen molar-refractivity contribution in [2.24, 2.45) is 5.11 Å². The lowest BCUT2D eigenvalue weighted by Gasteiger charge is -2.32. The Morgan fingerprint density at radius 2 is 2.06 bits per heavy atom. The molecular formula is C10H13N3O5. The summed E-state index contributed by atoms with van der Waals surface area (Å²) < 4.78 is 15.2. The summed E-state index contributed by atoms with van der Waals surface area (Å²) in [6.07, 6.45) is 0.521. The van der Waals surface area contributed by atoms with Crippen molar-refractivity contribution in [3.8, 4) is 0 Å². The molecule has 0 saturated carbocycles. The number of hydrogen-bond donors (Lipinski definition) is 0. The molecule has 1 aliphatic rings. The highest BCUT2D eigenvalue weighted by atomic mass is 16.6. The fraction of sp³-hybridized carbons (Fsp3) is 0.600. The van der Waals surface area contributed by atoms with Crippen LogP contribution in [-0.2, 0) is 23.8 Å². The number of esters is 2. The van der Waals surface area contributed by atoms with E-state index in [1.165, 1.54) is 26.2 Å². The molecule has 0 radical (unpaired) electrons. The highest BCUT2D eigenvalue weighted by Gasteiger charge is 2.36. The number of carbonyl (C=O) groups excluding carboxylic acids is 2. The van der Waals surface area contributed by atoms with E-state index < -0.39 is 30.3 Å². The van der Waals surface area contributed by atoms with Crippen LogP contribution in [0.15, 0.2) is 17.5 Å². The van der Waals surface area contributed by atoms with Crippen molar-refractivity contribution >= 4 is 11.9 Å². The molecule has 98 valence electrons. The molecule has 1 heterocycles. The van der Waals surface area contributed by atoms with Gasteiger partial charge in [0.15, 0.2) is 12.2 Å². The molecule has 1 aliphatic heterocycles. The monoisotopic (exact) mass is 255 g/mol. The number of carbonyl (C=O) groups is 2. The van der Waals surface area contributed by atoms with Crippen molar-refractivity contribution in [3.05, 3.63) is 22.8 Å². The third-order valence-electron chi connectivity index (χ3n) is 2.14. The van der Waals surface area contributed by atoms with Crippen LogP contribution in [0.2, 0.25) is 0 Å². The highest BCUT2D eigenvalue weighted by molar-refractivity contribution is 5.67. The second-order valence-corrected chi connectivity index (χ2v) is 3.56. The summed E-state index contributed by atoms with van der Waals surface area (Å²) in [6.45, 7) is 2.45. The maximum atomic E-state index is 11.0. The third kappa shape index (κ3) is 3.99. The maximum absolute atomic E-state index is 11.0. The number of nitrogens with zero attached hydrogens (tertiary/aromatic N) is 3. The van der Waals surface area contributed by atoms with E-state index in [1.807, 2.05) is 0 Å². The van der Waals surface area contributed by atoms with Crippen LogP contribution in [0.3, 0.4) is 0 Å². The number of hydrogen-bond acceptors (Lipinski definition) is 6. The fourth-order valence-corrected chi connectivity index (χ4v) is 1.52. The van der Waals surface area contributed by atoms with Crippen LogP contribution < -0.4 is 0 Å². The Labute approximate surface area is 103 Å². The number of rotatable bonds is 4. The molecule has 0 bridgehead atoms. The molecule has 0 spiro atoms. The molecule has 3 atom stereocenters. The van der Waals surface area contributed by atoms with Gasteiger partial charge in [0.2, 0.25) is 0 Å². The maximum Gasteiger partial charge on any atom is 0.303 e. The van der Waals surface area contributed by atoms with Gasteiger partial charge in [-0.25, -0.2) is 0 Å². The van der Waals surface area contributed by atoms with Gasteiger partial charge in [0.05, 0.1) is 12.8 Å². The van der Waals surface area contributed by atoms with Crippen molar-refractivity contribution in [2.45, 2.75) is 32.2 Å². The lowest BCUT2D eigenvalue weighted by Crippen LogP contribution is -2.46. The van der Waals surface area contributed by atoms with E-state index in [-0.39, 0.29) is 6.54 Å². The molecule has 0 saturated heterocycles. The zero-order valence-electron chi connectivity index (χ0n) is 9.98. The summed E-state index contributed by atoms with van der Waals surface area (Å²) in [6, 6.07) is 0. The molecule has 8 heteroatoms. The molecule has 0 aromatic carbocycles. The normalized spacial score (nSPS) is 25.6. The first-order valence-electron chi connectivity index (χ1n) is 5.22. The molecule has 0 aromatic heterocycles. The van der Waals surface area contributed by atoms with E-state index in [1.54, 1.807) is 0 Å². The molecule has 8 nitrogen and oxygen atoms in total. The highest BCUT2D eigenvalue weighted by Crippen LogP contribution is 2.19. The first-order valence-corrected chi connectivity index (χ1v) is 5.22. The fourth-order valence-electron chi connectivity index (χ4n) is 1.52. The van der Waals surface area contributed by atoms with Crippen molar-refractivity contribution in [3.63, 3.8) is 0 Å². The van der Waals surface area contributed by atoms with E-state index in [4.69, 9.17) is 19.7 Å². The van der Waals surface area contributed by atoms with Crippen LogP contribution >= 0.6 is 0 Å². The zero-order chi connectivity index (χ0) is 13.5. The summed E-state index contributed by atoms with van der Waals surface area (Å²) in [7, 11) is 0. The molecule has 0 N–H and O–H groups in total. The van der Waals surface area contributed by atoms with Gasteiger partial charge in [-0.2, -0.15) is 0 Å². The number of ether oxygens (including phenoxy) is 3. The Morgan fingerprint density at radius 3 is 2.61 bits per heavy atom. The van der Waals surface area contributed by atoms with Crippen molar-refractivity contribution < 1.29 is 23.8 Å². The average molecular weight is 255 g/mol.